The molecule has 0 spiro atoms. The molecule has 1 aliphatic rings. The molecule has 4 rings (SSSR count). The average molecular weight is 397 g/mol. The summed E-state index contributed by atoms with van der Waals surface area (Å²) in [7, 11) is 0. The molecule has 150 valence electrons. The third kappa shape index (κ3) is 4.11. The molecule has 0 saturated heterocycles. The summed E-state index contributed by atoms with van der Waals surface area (Å²) in [4.78, 5) is 0. The maximum absolute atomic E-state index is 14.1. The molecular formula is C23H21F2NO3. The Bertz CT molecular complexity index is 1040. The molecule has 29 heavy (non-hydrogen) atoms. The maximum Gasteiger partial charge on any atom is 0.150 e. The Labute approximate surface area is 167 Å². The van der Waals surface area contributed by atoms with Crippen molar-refractivity contribution >= 4 is 5.69 Å². The Hall–Kier alpha value is -3.28. The van der Waals surface area contributed by atoms with Gasteiger partial charge in [0, 0.05) is 11.6 Å². The van der Waals surface area contributed by atoms with Crippen molar-refractivity contribution < 1.29 is 23.0 Å². The molecule has 3 aromatic rings. The van der Waals surface area contributed by atoms with Crippen LogP contribution in [-0.2, 0) is 6.42 Å². The second kappa shape index (κ2) is 7.99. The first kappa shape index (κ1) is 19.1. The second-order valence-electron chi connectivity index (χ2n) is 6.82. The lowest BCUT2D eigenvalue weighted by atomic mass is 9.97. The van der Waals surface area contributed by atoms with Crippen LogP contribution in [0, 0.1) is 11.6 Å². The number of hydrogen-bond acceptors (Lipinski definition) is 4. The van der Waals surface area contributed by atoms with Gasteiger partial charge in [-0.25, -0.2) is 8.78 Å². The highest BCUT2D eigenvalue weighted by atomic mass is 19.1. The van der Waals surface area contributed by atoms with E-state index < -0.39 is 17.7 Å². The summed E-state index contributed by atoms with van der Waals surface area (Å²) in [5.41, 5.74) is 7.71. The predicted octanol–water partition coefficient (Wildman–Crippen LogP) is 5.80. The van der Waals surface area contributed by atoms with E-state index in [1.54, 1.807) is 30.3 Å². The van der Waals surface area contributed by atoms with Gasteiger partial charge in [0.05, 0.1) is 12.3 Å². The lowest BCUT2D eigenvalue weighted by molar-refractivity contribution is 0.171. The van der Waals surface area contributed by atoms with Gasteiger partial charge in [-0.3, -0.25) is 0 Å². The third-order valence-electron chi connectivity index (χ3n) is 4.80. The van der Waals surface area contributed by atoms with E-state index in [-0.39, 0.29) is 5.56 Å². The highest BCUT2D eigenvalue weighted by Gasteiger charge is 2.24. The Kier molecular flexibility index (Phi) is 5.25. The van der Waals surface area contributed by atoms with Gasteiger partial charge in [0.1, 0.15) is 35.0 Å². The van der Waals surface area contributed by atoms with Crippen LogP contribution in [0.1, 0.15) is 30.6 Å². The van der Waals surface area contributed by atoms with E-state index in [1.807, 2.05) is 13.0 Å². The molecule has 1 aliphatic heterocycles. The van der Waals surface area contributed by atoms with E-state index in [1.165, 1.54) is 6.07 Å². The molecule has 4 nitrogen and oxygen atoms in total. The summed E-state index contributed by atoms with van der Waals surface area (Å²) >= 11 is 0. The number of aryl methyl sites for hydroxylation is 1. The van der Waals surface area contributed by atoms with Crippen molar-refractivity contribution in [3.8, 4) is 23.0 Å². The van der Waals surface area contributed by atoms with Gasteiger partial charge >= 0.3 is 0 Å². The summed E-state index contributed by atoms with van der Waals surface area (Å²) in [6.45, 7) is 2.47. The molecule has 0 bridgehead atoms. The maximum atomic E-state index is 14.1. The van der Waals surface area contributed by atoms with Crippen molar-refractivity contribution in [2.45, 2.75) is 25.9 Å². The Morgan fingerprint density at radius 2 is 1.86 bits per heavy atom. The zero-order chi connectivity index (χ0) is 20.4. The van der Waals surface area contributed by atoms with E-state index in [0.29, 0.717) is 48.1 Å². The number of ether oxygens (including phenoxy) is 3. The molecule has 1 atom stereocenters. The van der Waals surface area contributed by atoms with E-state index in [9.17, 15) is 8.78 Å². The first-order valence-electron chi connectivity index (χ1n) is 9.48. The number of benzene rings is 3. The van der Waals surface area contributed by atoms with E-state index in [2.05, 4.69) is 0 Å². The highest BCUT2D eigenvalue weighted by Crippen LogP contribution is 2.39. The minimum absolute atomic E-state index is 0.234. The van der Waals surface area contributed by atoms with Gasteiger partial charge in [0.15, 0.2) is 5.75 Å². The van der Waals surface area contributed by atoms with Crippen LogP contribution in [0.4, 0.5) is 14.5 Å². The van der Waals surface area contributed by atoms with E-state index in [0.717, 1.165) is 17.7 Å². The fraction of sp³-hybridized carbons (Fsp3) is 0.217. The number of nitrogen functional groups attached to an aromatic ring is 1. The first-order chi connectivity index (χ1) is 14.0. The number of hydrogen-bond donors (Lipinski definition) is 1. The number of fused-ring (bicyclic) bond motifs is 1. The first-order valence-corrected chi connectivity index (χ1v) is 9.48. The Balaban J connectivity index is 1.51. The van der Waals surface area contributed by atoms with Crippen molar-refractivity contribution in [3.05, 3.63) is 77.4 Å². The van der Waals surface area contributed by atoms with Crippen LogP contribution in [-0.4, -0.2) is 6.61 Å². The molecule has 1 heterocycles. The molecule has 0 radical (unpaired) electrons. The van der Waals surface area contributed by atoms with Crippen molar-refractivity contribution in [1.82, 2.24) is 0 Å². The van der Waals surface area contributed by atoms with Gasteiger partial charge in [-0.05, 0) is 73.9 Å². The minimum Gasteiger partial charge on any atom is -0.494 e. The summed E-state index contributed by atoms with van der Waals surface area (Å²) in [6.07, 6.45) is 0.681. The fourth-order valence-electron chi connectivity index (χ4n) is 3.41. The summed E-state index contributed by atoms with van der Waals surface area (Å²) in [6, 6.07) is 14.1. The zero-order valence-electron chi connectivity index (χ0n) is 16.0. The van der Waals surface area contributed by atoms with Gasteiger partial charge < -0.3 is 19.9 Å². The summed E-state index contributed by atoms with van der Waals surface area (Å²) < 4.78 is 44.8. The molecule has 0 saturated carbocycles. The normalized spacial score (nSPS) is 15.3. The number of rotatable bonds is 5. The predicted molar refractivity (Wildman–Crippen MR) is 107 cm³/mol. The molecule has 0 amide bonds. The summed E-state index contributed by atoms with van der Waals surface area (Å²) in [5.74, 6) is 1.53. The standard InChI is InChI=1S/C23H21F2NO3/c1-2-27-16-5-10-23(20(26)13-16)28-17-6-9-21-14(11-17)3-8-22(29-21)18-12-15(24)4-7-19(18)25/h4-7,9-13,22H,2-3,8,26H2,1H3. The topological polar surface area (TPSA) is 53.7 Å². The van der Waals surface area contributed by atoms with E-state index >= 15 is 0 Å². The molecule has 6 heteroatoms. The van der Waals surface area contributed by atoms with Gasteiger partial charge in [-0.1, -0.05) is 0 Å². The molecule has 0 aliphatic carbocycles. The molecule has 1 unspecified atom stereocenters. The van der Waals surface area contributed by atoms with Crippen LogP contribution in [0.3, 0.4) is 0 Å². The zero-order valence-corrected chi connectivity index (χ0v) is 16.0. The number of anilines is 1. The van der Waals surface area contributed by atoms with Crippen LogP contribution in [0.5, 0.6) is 23.0 Å². The van der Waals surface area contributed by atoms with Crippen molar-refractivity contribution in [1.29, 1.82) is 0 Å². The Morgan fingerprint density at radius 1 is 1.03 bits per heavy atom. The molecule has 0 aromatic heterocycles. The van der Waals surface area contributed by atoms with Gasteiger partial charge in [0.2, 0.25) is 0 Å². The van der Waals surface area contributed by atoms with Crippen LogP contribution >= 0.6 is 0 Å². The largest absolute Gasteiger partial charge is 0.494 e. The fourth-order valence-corrected chi connectivity index (χ4v) is 3.41. The Morgan fingerprint density at radius 3 is 2.66 bits per heavy atom. The van der Waals surface area contributed by atoms with Crippen molar-refractivity contribution in [3.63, 3.8) is 0 Å². The number of nitrogens with two attached hydrogens (primary N) is 1. The summed E-state index contributed by atoms with van der Waals surface area (Å²) in [5, 5.41) is 0. The monoisotopic (exact) mass is 397 g/mol. The van der Waals surface area contributed by atoms with Crippen LogP contribution in [0.25, 0.3) is 0 Å². The van der Waals surface area contributed by atoms with Gasteiger partial charge in [0.25, 0.3) is 0 Å². The SMILES string of the molecule is CCOc1ccc(Oc2ccc3c(c2)CCC(c2cc(F)ccc2F)O3)c(N)c1. The second-order valence-corrected chi connectivity index (χ2v) is 6.82. The van der Waals surface area contributed by atoms with Crippen molar-refractivity contribution in [2.75, 3.05) is 12.3 Å². The quantitative estimate of drug-likeness (QED) is 0.553. The lowest BCUT2D eigenvalue weighted by Gasteiger charge is -2.27. The lowest BCUT2D eigenvalue weighted by Crippen LogP contribution is -2.16. The molecule has 3 aromatic carbocycles. The third-order valence-corrected chi connectivity index (χ3v) is 4.80. The van der Waals surface area contributed by atoms with Crippen molar-refractivity contribution in [2.24, 2.45) is 0 Å². The average Bonchev–Trinajstić information content (AvgIpc) is 2.72. The molecule has 0 fully saturated rings. The number of halogens is 2. The van der Waals surface area contributed by atoms with Crippen LogP contribution < -0.4 is 19.9 Å². The molecular weight excluding hydrogens is 376 g/mol. The van der Waals surface area contributed by atoms with Crippen LogP contribution in [0.2, 0.25) is 0 Å². The minimum atomic E-state index is -0.522. The van der Waals surface area contributed by atoms with Crippen LogP contribution in [0.15, 0.2) is 54.6 Å². The highest BCUT2D eigenvalue weighted by molar-refractivity contribution is 5.58. The molecule has 2 N–H and O–H groups in total. The smallest absolute Gasteiger partial charge is 0.150 e. The van der Waals surface area contributed by atoms with Gasteiger partial charge in [-0.15, -0.1) is 0 Å². The van der Waals surface area contributed by atoms with E-state index in [4.69, 9.17) is 19.9 Å². The van der Waals surface area contributed by atoms with Gasteiger partial charge in [-0.2, -0.15) is 0 Å².